The van der Waals surface area contributed by atoms with Crippen LogP contribution in [0.3, 0.4) is 0 Å². The highest BCUT2D eigenvalue weighted by molar-refractivity contribution is 5.37. The van der Waals surface area contributed by atoms with Crippen LogP contribution in [0.1, 0.15) is 70.3 Å². The van der Waals surface area contributed by atoms with Gasteiger partial charge in [0.1, 0.15) is 11.6 Å². The molecule has 1 aromatic heterocycles. The largest absolute Gasteiger partial charge is 0.370 e. The molecule has 2 aliphatic carbocycles. The lowest BCUT2D eigenvalue weighted by Crippen LogP contribution is -2.15. The molecule has 0 spiro atoms. The topological polar surface area (TPSA) is 37.8 Å². The van der Waals surface area contributed by atoms with Crippen molar-refractivity contribution in [1.29, 1.82) is 0 Å². The summed E-state index contributed by atoms with van der Waals surface area (Å²) in [6.07, 6.45) is 7.76. The maximum absolute atomic E-state index is 4.93. The summed E-state index contributed by atoms with van der Waals surface area (Å²) in [5.41, 5.74) is 1.22. The third kappa shape index (κ3) is 3.38. The third-order valence-electron chi connectivity index (χ3n) is 5.04. The van der Waals surface area contributed by atoms with Gasteiger partial charge in [0.15, 0.2) is 0 Å². The Balaban J connectivity index is 1.83. The number of nitrogens with zero attached hydrogens (tertiary/aromatic N) is 2. The quantitative estimate of drug-likeness (QED) is 0.842. The van der Waals surface area contributed by atoms with E-state index in [1.54, 1.807) is 0 Å². The van der Waals surface area contributed by atoms with Crippen LogP contribution in [0.2, 0.25) is 0 Å². The number of anilines is 1. The van der Waals surface area contributed by atoms with Crippen LogP contribution in [-0.2, 0) is 6.42 Å². The maximum Gasteiger partial charge on any atom is 0.134 e. The summed E-state index contributed by atoms with van der Waals surface area (Å²) < 4.78 is 0. The van der Waals surface area contributed by atoms with Crippen LogP contribution in [0.15, 0.2) is 6.07 Å². The van der Waals surface area contributed by atoms with Gasteiger partial charge in [-0.3, -0.25) is 0 Å². The van der Waals surface area contributed by atoms with Gasteiger partial charge in [0.25, 0.3) is 0 Å². The molecule has 3 nitrogen and oxygen atoms in total. The fourth-order valence-corrected chi connectivity index (χ4v) is 4.11. The number of hydrogen-bond donors (Lipinski definition) is 1. The average molecular weight is 287 g/mol. The van der Waals surface area contributed by atoms with Crippen molar-refractivity contribution < 1.29 is 0 Å². The molecule has 1 aromatic rings. The van der Waals surface area contributed by atoms with E-state index in [4.69, 9.17) is 9.97 Å². The molecule has 21 heavy (non-hydrogen) atoms. The van der Waals surface area contributed by atoms with Crippen molar-refractivity contribution in [2.45, 2.75) is 65.2 Å². The Morgan fingerprint density at radius 1 is 1.24 bits per heavy atom. The minimum Gasteiger partial charge on any atom is -0.370 e. The Morgan fingerprint density at radius 3 is 2.71 bits per heavy atom. The van der Waals surface area contributed by atoms with Gasteiger partial charge in [0.2, 0.25) is 0 Å². The molecule has 2 fully saturated rings. The van der Waals surface area contributed by atoms with Crippen LogP contribution in [0.4, 0.5) is 5.82 Å². The van der Waals surface area contributed by atoms with Crippen molar-refractivity contribution in [3.63, 3.8) is 0 Å². The monoisotopic (exact) mass is 287 g/mol. The smallest absolute Gasteiger partial charge is 0.134 e. The van der Waals surface area contributed by atoms with E-state index in [1.807, 2.05) is 0 Å². The van der Waals surface area contributed by atoms with Gasteiger partial charge in [-0.1, -0.05) is 27.2 Å². The van der Waals surface area contributed by atoms with Crippen LogP contribution in [-0.4, -0.2) is 16.5 Å². The second-order valence-corrected chi connectivity index (χ2v) is 7.41. The number of hydrogen-bond acceptors (Lipinski definition) is 3. The zero-order chi connectivity index (χ0) is 14.8. The van der Waals surface area contributed by atoms with E-state index in [1.165, 1.54) is 31.4 Å². The van der Waals surface area contributed by atoms with Crippen LogP contribution in [0.25, 0.3) is 0 Å². The van der Waals surface area contributed by atoms with Crippen LogP contribution in [0, 0.1) is 17.8 Å². The first-order valence-electron chi connectivity index (χ1n) is 8.77. The predicted molar refractivity (Wildman–Crippen MR) is 87.5 cm³/mol. The lowest BCUT2D eigenvalue weighted by molar-refractivity contribution is 0.404. The summed E-state index contributed by atoms with van der Waals surface area (Å²) in [5.74, 6) is 5.23. The van der Waals surface area contributed by atoms with Gasteiger partial charge in [-0.2, -0.15) is 0 Å². The second kappa shape index (κ2) is 6.33. The summed E-state index contributed by atoms with van der Waals surface area (Å²) in [5, 5.41) is 3.46. The molecule has 3 atom stereocenters. The summed E-state index contributed by atoms with van der Waals surface area (Å²) >= 11 is 0. The predicted octanol–water partition coefficient (Wildman–Crippen LogP) is 4.40. The highest BCUT2D eigenvalue weighted by atomic mass is 15.0. The molecule has 0 aliphatic heterocycles. The Hall–Kier alpha value is -1.12. The zero-order valence-electron chi connectivity index (χ0n) is 13.7. The molecule has 0 saturated heterocycles. The van der Waals surface area contributed by atoms with E-state index < -0.39 is 0 Å². The molecule has 0 aromatic carbocycles. The van der Waals surface area contributed by atoms with E-state index in [-0.39, 0.29) is 0 Å². The normalized spacial score (nSPS) is 27.5. The molecular weight excluding hydrogens is 258 g/mol. The summed E-state index contributed by atoms with van der Waals surface area (Å²) in [6.45, 7) is 7.71. The van der Waals surface area contributed by atoms with Crippen LogP contribution >= 0.6 is 0 Å². The molecule has 116 valence electrons. The van der Waals surface area contributed by atoms with Gasteiger partial charge in [0.05, 0.1) is 0 Å². The number of fused-ring (bicyclic) bond motifs is 2. The Labute approximate surface area is 129 Å². The highest BCUT2D eigenvalue weighted by Gasteiger charge is 2.41. The first-order chi connectivity index (χ1) is 10.2. The van der Waals surface area contributed by atoms with E-state index in [2.05, 4.69) is 32.2 Å². The van der Waals surface area contributed by atoms with Gasteiger partial charge in [-0.15, -0.1) is 0 Å². The van der Waals surface area contributed by atoms with Crippen molar-refractivity contribution in [2.24, 2.45) is 17.8 Å². The van der Waals surface area contributed by atoms with E-state index in [0.717, 1.165) is 42.9 Å². The molecule has 0 amide bonds. The molecule has 0 radical (unpaired) electrons. The number of nitrogens with one attached hydrogen (secondary N) is 1. The van der Waals surface area contributed by atoms with Crippen LogP contribution in [0.5, 0.6) is 0 Å². The summed E-state index contributed by atoms with van der Waals surface area (Å²) in [6, 6.07) is 2.16. The highest BCUT2D eigenvalue weighted by Crippen LogP contribution is 2.52. The molecule has 3 unspecified atom stereocenters. The Kier molecular flexibility index (Phi) is 4.46. The van der Waals surface area contributed by atoms with Gasteiger partial charge in [0, 0.05) is 24.2 Å². The molecule has 2 bridgehead atoms. The van der Waals surface area contributed by atoms with Crippen LogP contribution < -0.4 is 5.32 Å². The zero-order valence-corrected chi connectivity index (χ0v) is 13.7. The van der Waals surface area contributed by atoms with Gasteiger partial charge >= 0.3 is 0 Å². The molecule has 2 aliphatic rings. The minimum atomic E-state index is 0.623. The molecule has 3 heteroatoms. The summed E-state index contributed by atoms with van der Waals surface area (Å²) in [7, 11) is 0. The standard InChI is InChI=1S/C18H29N3/c1-4-7-19-17-11-15(8-12(2)3)20-18(21-17)16-10-13-5-6-14(16)9-13/h11-14,16H,4-10H2,1-3H3,(H,19,20,21). The number of rotatable bonds is 6. The number of aromatic nitrogens is 2. The first kappa shape index (κ1) is 14.8. The third-order valence-corrected chi connectivity index (χ3v) is 5.04. The van der Waals surface area contributed by atoms with Crippen molar-refractivity contribution in [1.82, 2.24) is 9.97 Å². The molecule has 1 N–H and O–H groups in total. The summed E-state index contributed by atoms with van der Waals surface area (Å²) in [4.78, 5) is 9.79. The fraction of sp³-hybridized carbons (Fsp3) is 0.778. The van der Waals surface area contributed by atoms with Crippen molar-refractivity contribution in [2.75, 3.05) is 11.9 Å². The van der Waals surface area contributed by atoms with Crippen molar-refractivity contribution in [3.8, 4) is 0 Å². The lowest BCUT2D eigenvalue weighted by Gasteiger charge is -2.21. The van der Waals surface area contributed by atoms with Crippen molar-refractivity contribution in [3.05, 3.63) is 17.6 Å². The molecule has 3 rings (SSSR count). The van der Waals surface area contributed by atoms with E-state index in [0.29, 0.717) is 11.8 Å². The average Bonchev–Trinajstić information content (AvgIpc) is 3.06. The molecular formula is C18H29N3. The van der Waals surface area contributed by atoms with Gasteiger partial charge in [-0.25, -0.2) is 9.97 Å². The second-order valence-electron chi connectivity index (χ2n) is 7.41. The fourth-order valence-electron chi connectivity index (χ4n) is 4.11. The minimum absolute atomic E-state index is 0.623. The maximum atomic E-state index is 4.93. The SMILES string of the molecule is CCCNc1cc(CC(C)C)nc(C2CC3CCC2C3)n1. The Morgan fingerprint density at radius 2 is 2.10 bits per heavy atom. The lowest BCUT2D eigenvalue weighted by atomic mass is 9.88. The molecule has 2 saturated carbocycles. The first-order valence-corrected chi connectivity index (χ1v) is 8.77. The molecule has 1 heterocycles. The Bertz CT molecular complexity index is 483. The van der Waals surface area contributed by atoms with Gasteiger partial charge in [-0.05, 0) is 49.9 Å². The van der Waals surface area contributed by atoms with Crippen molar-refractivity contribution >= 4 is 5.82 Å². The van der Waals surface area contributed by atoms with Gasteiger partial charge < -0.3 is 5.32 Å². The van der Waals surface area contributed by atoms with E-state index in [9.17, 15) is 0 Å². The van der Waals surface area contributed by atoms with E-state index >= 15 is 0 Å².